The molecule has 5 nitrogen and oxygen atoms in total. The quantitative estimate of drug-likeness (QED) is 0.282. The van der Waals surface area contributed by atoms with Crippen LogP contribution >= 0.6 is 24.0 Å². The second-order valence-electron chi connectivity index (χ2n) is 7.80. The third-order valence-corrected chi connectivity index (χ3v) is 7.34. The van der Waals surface area contributed by atoms with Crippen molar-refractivity contribution in [2.45, 2.75) is 75.6 Å². The number of hydrogen-bond acceptors (Lipinski definition) is 3. The van der Waals surface area contributed by atoms with Gasteiger partial charge in [0.25, 0.3) is 0 Å². The lowest BCUT2D eigenvalue weighted by Gasteiger charge is -2.30. The molecule has 0 heterocycles. The summed E-state index contributed by atoms with van der Waals surface area (Å²) < 4.78 is 54.5. The smallest absolute Gasteiger partial charge is 0.405 e. The third kappa shape index (κ3) is 7.80. The largest absolute Gasteiger partial charge is 0.573 e. The maximum atomic E-state index is 12.7. The van der Waals surface area contributed by atoms with Gasteiger partial charge in [0.15, 0.2) is 5.96 Å². The summed E-state index contributed by atoms with van der Waals surface area (Å²) in [5, 5.41) is 7.03. The number of nitrogens with zero attached hydrogens (tertiary/aromatic N) is 1. The minimum absolute atomic E-state index is 0. The van der Waals surface area contributed by atoms with Crippen LogP contribution < -0.4 is 15.4 Å². The first-order valence-electron chi connectivity index (χ1n) is 10.6. The van der Waals surface area contributed by atoms with E-state index in [1.54, 1.807) is 18.2 Å². The topological polar surface area (TPSA) is 62.7 Å². The second kappa shape index (κ2) is 11.7. The van der Waals surface area contributed by atoms with Gasteiger partial charge in [-0.05, 0) is 44.2 Å². The first-order chi connectivity index (χ1) is 14.3. The number of ether oxygens (including phenoxy) is 1. The molecule has 2 saturated carbocycles. The minimum atomic E-state index is -4.71. The van der Waals surface area contributed by atoms with E-state index in [2.05, 4.69) is 20.4 Å². The Kier molecular flexibility index (Phi) is 9.91. The van der Waals surface area contributed by atoms with Gasteiger partial charge in [-0.1, -0.05) is 31.5 Å². The van der Waals surface area contributed by atoms with Gasteiger partial charge in [-0.2, -0.15) is 0 Å². The molecule has 1 aromatic carbocycles. The first kappa shape index (κ1) is 26.2. The Bertz CT molecular complexity index is 778. The third-order valence-electron chi connectivity index (χ3n) is 5.60. The fourth-order valence-electron chi connectivity index (χ4n) is 4.11. The van der Waals surface area contributed by atoms with Gasteiger partial charge in [0, 0.05) is 46.3 Å². The molecule has 3 rings (SSSR count). The zero-order valence-corrected chi connectivity index (χ0v) is 20.9. The molecule has 10 heteroatoms. The number of para-hydroxylation sites is 1. The molecule has 2 aliphatic carbocycles. The number of rotatable bonds is 7. The Morgan fingerprint density at radius 1 is 1.19 bits per heavy atom. The first-order valence-corrected chi connectivity index (χ1v) is 12.0. The zero-order chi connectivity index (χ0) is 21.7. The molecule has 0 aliphatic heterocycles. The highest BCUT2D eigenvalue weighted by molar-refractivity contribution is 14.0. The van der Waals surface area contributed by atoms with Crippen molar-refractivity contribution in [1.82, 2.24) is 10.6 Å². The van der Waals surface area contributed by atoms with Crippen LogP contribution in [-0.4, -0.2) is 46.2 Å². The Balaban J connectivity index is 0.00000341. The van der Waals surface area contributed by atoms with Crippen LogP contribution in [0.3, 0.4) is 0 Å². The lowest BCUT2D eigenvalue weighted by atomic mass is 9.95. The average molecular weight is 573 g/mol. The van der Waals surface area contributed by atoms with Crippen LogP contribution in [-0.2, 0) is 10.8 Å². The summed E-state index contributed by atoms with van der Waals surface area (Å²) in [6.45, 7) is 4.49. The van der Waals surface area contributed by atoms with E-state index in [1.807, 2.05) is 13.8 Å². The number of aliphatic imine (C=N–C) groups is 1. The molecule has 5 atom stereocenters. The second-order valence-corrected chi connectivity index (χ2v) is 9.81. The molecule has 2 aliphatic rings. The molecule has 0 radical (unpaired) electrons. The standard InChI is InChI=1S/C21H30F3N3O2S.HI/c1-3-25-20(26-14-8-7-9-15(12-14)30(28)4-2)27-18-13-17(18)16-10-5-6-11-19(16)29-21(22,23)24;/h5-6,10-11,14-15,17-18H,3-4,7-9,12-13H2,1-2H3,(H2,25,26,27);1H. The highest BCUT2D eigenvalue weighted by atomic mass is 127. The fourth-order valence-corrected chi connectivity index (χ4v) is 5.46. The monoisotopic (exact) mass is 573 g/mol. The maximum absolute atomic E-state index is 12.7. The molecule has 0 aromatic heterocycles. The van der Waals surface area contributed by atoms with E-state index < -0.39 is 17.2 Å². The molecule has 2 fully saturated rings. The van der Waals surface area contributed by atoms with Crippen LogP contribution in [0.15, 0.2) is 29.3 Å². The van der Waals surface area contributed by atoms with Crippen molar-refractivity contribution in [1.29, 1.82) is 0 Å². The number of guanidine groups is 1. The number of alkyl halides is 3. The summed E-state index contributed by atoms with van der Waals surface area (Å²) in [5.74, 6) is 1.15. The molecule has 31 heavy (non-hydrogen) atoms. The van der Waals surface area contributed by atoms with Gasteiger partial charge in [-0.3, -0.25) is 9.20 Å². The predicted molar refractivity (Wildman–Crippen MR) is 129 cm³/mol. The molecule has 0 saturated heterocycles. The number of halogens is 4. The lowest BCUT2D eigenvalue weighted by Crippen LogP contribution is -2.47. The summed E-state index contributed by atoms with van der Waals surface area (Å²) >= 11 is 0. The predicted octanol–water partition coefficient (Wildman–Crippen LogP) is 4.69. The van der Waals surface area contributed by atoms with Gasteiger partial charge < -0.3 is 15.4 Å². The van der Waals surface area contributed by atoms with Crippen LogP contribution in [0.5, 0.6) is 5.75 Å². The maximum Gasteiger partial charge on any atom is 0.573 e. The summed E-state index contributed by atoms with van der Waals surface area (Å²) in [7, 11) is -0.799. The summed E-state index contributed by atoms with van der Waals surface area (Å²) in [4.78, 5) is 4.51. The van der Waals surface area contributed by atoms with Crippen molar-refractivity contribution in [2.75, 3.05) is 12.3 Å². The van der Waals surface area contributed by atoms with Crippen molar-refractivity contribution >= 4 is 40.7 Å². The van der Waals surface area contributed by atoms with Gasteiger partial charge in [0.1, 0.15) is 5.75 Å². The SMILES string of the molecule is CCN=C(NC1CCCC(S(=O)CC)C1)NC1CC1c1ccccc1OC(F)(F)F.I. The van der Waals surface area contributed by atoms with Crippen LogP contribution in [0.2, 0.25) is 0 Å². The highest BCUT2D eigenvalue weighted by Crippen LogP contribution is 2.45. The van der Waals surface area contributed by atoms with Gasteiger partial charge in [-0.15, -0.1) is 37.1 Å². The molecule has 0 amide bonds. The Morgan fingerprint density at radius 3 is 2.61 bits per heavy atom. The highest BCUT2D eigenvalue weighted by Gasteiger charge is 2.42. The van der Waals surface area contributed by atoms with E-state index in [4.69, 9.17) is 0 Å². The molecule has 1 aromatic rings. The average Bonchev–Trinajstić information content (AvgIpc) is 3.45. The van der Waals surface area contributed by atoms with Crippen LogP contribution in [0, 0.1) is 0 Å². The normalized spacial score (nSPS) is 27.1. The van der Waals surface area contributed by atoms with Gasteiger partial charge in [0.05, 0.1) is 0 Å². The Hall–Kier alpha value is -1.04. The number of hydrogen-bond donors (Lipinski definition) is 2. The molecular weight excluding hydrogens is 542 g/mol. The molecule has 0 spiro atoms. The van der Waals surface area contributed by atoms with Crippen molar-refractivity contribution in [3.8, 4) is 5.75 Å². The number of benzene rings is 1. The van der Waals surface area contributed by atoms with Crippen molar-refractivity contribution in [3.05, 3.63) is 29.8 Å². The van der Waals surface area contributed by atoms with Gasteiger partial charge >= 0.3 is 6.36 Å². The van der Waals surface area contributed by atoms with E-state index in [1.165, 1.54) is 6.07 Å². The Labute approximate surface area is 201 Å². The van der Waals surface area contributed by atoms with E-state index in [9.17, 15) is 17.4 Å². The van der Waals surface area contributed by atoms with E-state index in [-0.39, 0.29) is 53.0 Å². The summed E-state index contributed by atoms with van der Waals surface area (Å²) in [6.07, 6.45) is -0.121. The van der Waals surface area contributed by atoms with E-state index >= 15 is 0 Å². The van der Waals surface area contributed by atoms with E-state index in [0.717, 1.165) is 32.1 Å². The molecule has 2 N–H and O–H groups in total. The molecule has 176 valence electrons. The minimum Gasteiger partial charge on any atom is -0.405 e. The van der Waals surface area contributed by atoms with Crippen molar-refractivity contribution in [3.63, 3.8) is 0 Å². The Morgan fingerprint density at radius 2 is 1.94 bits per heavy atom. The van der Waals surface area contributed by atoms with Crippen LogP contribution in [0.1, 0.15) is 57.4 Å². The van der Waals surface area contributed by atoms with Gasteiger partial charge in [-0.25, -0.2) is 0 Å². The summed E-state index contributed by atoms with van der Waals surface area (Å²) in [5.41, 5.74) is 0.555. The van der Waals surface area contributed by atoms with Crippen LogP contribution in [0.4, 0.5) is 13.2 Å². The molecule has 0 bridgehead atoms. The van der Waals surface area contributed by atoms with Gasteiger partial charge in [0.2, 0.25) is 0 Å². The summed E-state index contributed by atoms with van der Waals surface area (Å²) in [6, 6.07) is 6.51. The molecule has 5 unspecified atom stereocenters. The lowest BCUT2D eigenvalue weighted by molar-refractivity contribution is -0.274. The van der Waals surface area contributed by atoms with E-state index in [0.29, 0.717) is 23.8 Å². The molecular formula is C21H31F3IN3O2S. The van der Waals surface area contributed by atoms with Crippen molar-refractivity contribution < 1.29 is 22.1 Å². The van der Waals surface area contributed by atoms with Crippen molar-refractivity contribution in [2.24, 2.45) is 4.99 Å². The fraction of sp³-hybridized carbons (Fsp3) is 0.667. The zero-order valence-electron chi connectivity index (χ0n) is 17.8. The number of nitrogens with one attached hydrogen (secondary N) is 2. The van der Waals surface area contributed by atoms with Crippen LogP contribution in [0.25, 0.3) is 0 Å².